The van der Waals surface area contributed by atoms with Crippen molar-refractivity contribution >= 4 is 34.7 Å². The van der Waals surface area contributed by atoms with Crippen LogP contribution >= 0.6 is 23.2 Å². The highest BCUT2D eigenvalue weighted by Gasteiger charge is 2.11. The number of fused-ring (bicyclic) bond motifs is 1. The predicted molar refractivity (Wildman–Crippen MR) is 73.8 cm³/mol. The summed E-state index contributed by atoms with van der Waals surface area (Å²) in [7, 11) is 0. The first-order valence-electron chi connectivity index (χ1n) is 5.79. The van der Waals surface area contributed by atoms with Crippen molar-refractivity contribution < 1.29 is 0 Å². The number of aryl methyl sites for hydroxylation is 2. The van der Waals surface area contributed by atoms with Crippen LogP contribution in [0.1, 0.15) is 17.5 Å². The monoisotopic (exact) mass is 279 g/mol. The first-order chi connectivity index (χ1) is 8.72. The number of aromatic nitrogens is 2. The molecule has 0 saturated heterocycles. The fraction of sp³-hybridized carbons (Fsp3) is 0.231. The van der Waals surface area contributed by atoms with Gasteiger partial charge in [-0.1, -0.05) is 17.7 Å². The number of nitrogens with one attached hydrogen (secondary N) is 1. The van der Waals surface area contributed by atoms with Gasteiger partial charge in [0, 0.05) is 5.69 Å². The summed E-state index contributed by atoms with van der Waals surface area (Å²) in [6.45, 7) is 0. The lowest BCUT2D eigenvalue weighted by molar-refractivity contribution is 0.912. The Morgan fingerprint density at radius 3 is 2.83 bits per heavy atom. The highest BCUT2D eigenvalue weighted by atomic mass is 35.5. The smallest absolute Gasteiger partial charge is 0.224 e. The molecule has 18 heavy (non-hydrogen) atoms. The van der Waals surface area contributed by atoms with Crippen molar-refractivity contribution in [2.75, 3.05) is 5.32 Å². The van der Waals surface area contributed by atoms with Crippen LogP contribution < -0.4 is 5.32 Å². The van der Waals surface area contributed by atoms with E-state index in [1.165, 1.54) is 30.2 Å². The molecule has 1 aromatic heterocycles. The number of hydrogen-bond acceptors (Lipinski definition) is 3. The van der Waals surface area contributed by atoms with Gasteiger partial charge in [-0.15, -0.1) is 0 Å². The van der Waals surface area contributed by atoms with Gasteiger partial charge >= 0.3 is 0 Å². The number of hydrogen-bond donors (Lipinski definition) is 1. The summed E-state index contributed by atoms with van der Waals surface area (Å²) < 4.78 is 0. The first-order valence-corrected chi connectivity index (χ1v) is 6.55. The molecular formula is C13H11Cl2N3. The average molecular weight is 280 g/mol. The van der Waals surface area contributed by atoms with Gasteiger partial charge in [0.2, 0.25) is 5.28 Å². The van der Waals surface area contributed by atoms with Crippen molar-refractivity contribution in [2.45, 2.75) is 19.3 Å². The fourth-order valence-corrected chi connectivity index (χ4v) is 2.49. The van der Waals surface area contributed by atoms with E-state index in [4.69, 9.17) is 23.2 Å². The maximum atomic E-state index is 6.02. The summed E-state index contributed by atoms with van der Waals surface area (Å²) in [6, 6.07) is 6.34. The molecule has 5 heteroatoms. The van der Waals surface area contributed by atoms with Crippen molar-refractivity contribution in [1.82, 2.24) is 9.97 Å². The van der Waals surface area contributed by atoms with Crippen LogP contribution in [0.2, 0.25) is 10.3 Å². The number of benzene rings is 1. The third-order valence-electron chi connectivity index (χ3n) is 3.08. The predicted octanol–water partition coefficient (Wildman–Crippen LogP) is 4.02. The van der Waals surface area contributed by atoms with Crippen LogP contribution in [0.25, 0.3) is 0 Å². The zero-order valence-corrected chi connectivity index (χ0v) is 11.1. The van der Waals surface area contributed by atoms with Gasteiger partial charge in [0.25, 0.3) is 0 Å². The van der Waals surface area contributed by atoms with Gasteiger partial charge in [0.05, 0.1) is 6.20 Å². The molecule has 92 valence electrons. The van der Waals surface area contributed by atoms with E-state index in [1.54, 1.807) is 0 Å². The Labute approximate surface area is 115 Å². The van der Waals surface area contributed by atoms with E-state index >= 15 is 0 Å². The molecule has 0 unspecified atom stereocenters. The van der Waals surface area contributed by atoms with E-state index < -0.39 is 0 Å². The minimum absolute atomic E-state index is 0.183. The quantitative estimate of drug-likeness (QED) is 0.844. The molecule has 1 aliphatic carbocycles. The van der Waals surface area contributed by atoms with Gasteiger partial charge in [-0.25, -0.2) is 4.98 Å². The number of halogens is 2. The van der Waals surface area contributed by atoms with Crippen molar-refractivity contribution in [3.05, 3.63) is 45.8 Å². The molecule has 1 aliphatic rings. The van der Waals surface area contributed by atoms with Crippen LogP contribution in [0.4, 0.5) is 11.5 Å². The molecule has 3 rings (SSSR count). The molecule has 2 aromatic rings. The van der Waals surface area contributed by atoms with E-state index in [9.17, 15) is 0 Å². The normalized spacial score (nSPS) is 13.4. The van der Waals surface area contributed by atoms with Crippen LogP contribution in [-0.4, -0.2) is 9.97 Å². The molecule has 0 aliphatic heterocycles. The standard InChI is InChI=1S/C13H11Cl2N3/c14-11-7-16-13(15)18-12(11)17-10-5-4-8-2-1-3-9(8)6-10/h4-7H,1-3H2,(H,16,17,18). The second kappa shape index (κ2) is 4.75. The zero-order chi connectivity index (χ0) is 12.5. The fourth-order valence-electron chi connectivity index (χ4n) is 2.22. The van der Waals surface area contributed by atoms with Gasteiger partial charge in [0.1, 0.15) is 5.02 Å². The maximum Gasteiger partial charge on any atom is 0.224 e. The van der Waals surface area contributed by atoms with E-state index in [0.29, 0.717) is 10.8 Å². The Balaban J connectivity index is 1.90. The first kappa shape index (κ1) is 11.8. The van der Waals surface area contributed by atoms with E-state index in [1.807, 2.05) is 6.07 Å². The molecule has 1 N–H and O–H groups in total. The van der Waals surface area contributed by atoms with Crippen molar-refractivity contribution in [2.24, 2.45) is 0 Å². The van der Waals surface area contributed by atoms with Crippen molar-refractivity contribution in [1.29, 1.82) is 0 Å². The van der Waals surface area contributed by atoms with Crippen LogP contribution in [0, 0.1) is 0 Å². The molecule has 0 atom stereocenters. The SMILES string of the molecule is Clc1ncc(Cl)c(Nc2ccc3c(c2)CCC3)n1. The lowest BCUT2D eigenvalue weighted by Crippen LogP contribution is -1.97. The lowest BCUT2D eigenvalue weighted by atomic mass is 10.1. The van der Waals surface area contributed by atoms with E-state index in [0.717, 1.165) is 12.1 Å². The Hall–Kier alpha value is -1.32. The van der Waals surface area contributed by atoms with Crippen molar-refractivity contribution in [3.63, 3.8) is 0 Å². The minimum Gasteiger partial charge on any atom is -0.339 e. The van der Waals surface area contributed by atoms with Crippen LogP contribution in [0.3, 0.4) is 0 Å². The van der Waals surface area contributed by atoms with Crippen LogP contribution in [-0.2, 0) is 12.8 Å². The van der Waals surface area contributed by atoms with Gasteiger partial charge < -0.3 is 5.32 Å². The molecule has 1 aromatic carbocycles. The topological polar surface area (TPSA) is 37.8 Å². The Morgan fingerprint density at radius 2 is 1.94 bits per heavy atom. The highest BCUT2D eigenvalue weighted by Crippen LogP contribution is 2.28. The van der Waals surface area contributed by atoms with E-state index in [-0.39, 0.29) is 5.28 Å². The minimum atomic E-state index is 0.183. The van der Waals surface area contributed by atoms with Gasteiger partial charge in [-0.3, -0.25) is 0 Å². The Bertz CT molecular complexity index is 599. The number of anilines is 2. The average Bonchev–Trinajstić information content (AvgIpc) is 2.81. The molecule has 0 amide bonds. The summed E-state index contributed by atoms with van der Waals surface area (Å²) in [4.78, 5) is 7.89. The summed E-state index contributed by atoms with van der Waals surface area (Å²) in [5.41, 5.74) is 3.82. The summed E-state index contributed by atoms with van der Waals surface area (Å²) in [6.07, 6.45) is 5.05. The Morgan fingerprint density at radius 1 is 1.11 bits per heavy atom. The second-order valence-electron chi connectivity index (χ2n) is 4.30. The number of nitrogens with zero attached hydrogens (tertiary/aromatic N) is 2. The highest BCUT2D eigenvalue weighted by molar-refractivity contribution is 6.33. The third kappa shape index (κ3) is 2.28. The molecule has 3 nitrogen and oxygen atoms in total. The lowest BCUT2D eigenvalue weighted by Gasteiger charge is -2.09. The summed E-state index contributed by atoms with van der Waals surface area (Å²) in [5, 5.41) is 3.82. The number of rotatable bonds is 2. The molecule has 0 radical (unpaired) electrons. The van der Waals surface area contributed by atoms with Gasteiger partial charge in [-0.05, 0) is 54.1 Å². The van der Waals surface area contributed by atoms with Crippen molar-refractivity contribution in [3.8, 4) is 0 Å². The zero-order valence-electron chi connectivity index (χ0n) is 9.58. The molecule has 0 spiro atoms. The van der Waals surface area contributed by atoms with Gasteiger partial charge in [-0.2, -0.15) is 4.98 Å². The summed E-state index contributed by atoms with van der Waals surface area (Å²) >= 11 is 11.8. The molecule has 1 heterocycles. The Kier molecular flexibility index (Phi) is 3.10. The van der Waals surface area contributed by atoms with Gasteiger partial charge in [0.15, 0.2) is 5.82 Å². The largest absolute Gasteiger partial charge is 0.339 e. The molecule has 0 bridgehead atoms. The van der Waals surface area contributed by atoms with Crippen LogP contribution in [0.15, 0.2) is 24.4 Å². The molecule has 0 fully saturated rings. The second-order valence-corrected chi connectivity index (χ2v) is 5.04. The van der Waals surface area contributed by atoms with E-state index in [2.05, 4.69) is 27.4 Å². The van der Waals surface area contributed by atoms with Crippen LogP contribution in [0.5, 0.6) is 0 Å². The maximum absolute atomic E-state index is 6.02. The third-order valence-corrected chi connectivity index (χ3v) is 3.53. The summed E-state index contributed by atoms with van der Waals surface area (Å²) in [5.74, 6) is 0.537. The molecular weight excluding hydrogens is 269 g/mol. The molecule has 0 saturated carbocycles.